The minimum atomic E-state index is -2.28. The summed E-state index contributed by atoms with van der Waals surface area (Å²) < 4.78 is 22.7. The number of unbranched alkanes of at least 4 members (excludes halogenated alkanes) is 28. The van der Waals surface area contributed by atoms with E-state index in [1.807, 2.05) is 0 Å². The van der Waals surface area contributed by atoms with Crippen molar-refractivity contribution >= 4 is 8.25 Å². The Bertz CT molecular complexity index is 405. The summed E-state index contributed by atoms with van der Waals surface area (Å²) in [6, 6.07) is 0. The molecule has 0 N–H and O–H groups in total. The van der Waals surface area contributed by atoms with Gasteiger partial charge in [0.25, 0.3) is 0 Å². The quantitative estimate of drug-likeness (QED) is 0.0582. The topological polar surface area (TPSA) is 35.5 Å². The molecule has 0 rings (SSSR count). The van der Waals surface area contributed by atoms with E-state index >= 15 is 0 Å². The Morgan fingerprint density at radius 2 is 0.500 bits per heavy atom. The predicted molar refractivity (Wildman–Crippen MR) is 171 cm³/mol. The molecule has 38 heavy (non-hydrogen) atoms. The molecule has 0 saturated carbocycles. The van der Waals surface area contributed by atoms with Gasteiger partial charge in [0.05, 0.1) is 13.2 Å². The molecule has 0 aliphatic heterocycles. The molecule has 0 aliphatic carbocycles. The summed E-state index contributed by atoms with van der Waals surface area (Å²) in [5.41, 5.74) is 0. The summed E-state index contributed by atoms with van der Waals surface area (Å²) in [6.45, 7) is 5.76. The lowest BCUT2D eigenvalue weighted by Gasteiger charge is -2.06. The van der Waals surface area contributed by atoms with Crippen molar-refractivity contribution in [3.8, 4) is 0 Å². The van der Waals surface area contributed by atoms with Crippen LogP contribution in [-0.2, 0) is 13.6 Å². The van der Waals surface area contributed by atoms with E-state index in [-0.39, 0.29) is 0 Å². The van der Waals surface area contributed by atoms with Gasteiger partial charge in [-0.1, -0.05) is 194 Å². The van der Waals surface area contributed by atoms with Gasteiger partial charge in [-0.15, -0.1) is 0 Å². The highest BCUT2D eigenvalue weighted by molar-refractivity contribution is 7.33. The van der Waals surface area contributed by atoms with E-state index in [4.69, 9.17) is 9.05 Å². The molecule has 0 aromatic carbocycles. The highest BCUT2D eigenvalue weighted by Crippen LogP contribution is 2.25. The van der Waals surface area contributed by atoms with Crippen molar-refractivity contribution in [3.63, 3.8) is 0 Å². The number of hydrogen-bond donors (Lipinski definition) is 0. The van der Waals surface area contributed by atoms with Crippen molar-refractivity contribution in [1.82, 2.24) is 0 Å². The van der Waals surface area contributed by atoms with Crippen molar-refractivity contribution < 1.29 is 13.6 Å². The Morgan fingerprint density at radius 1 is 0.316 bits per heavy atom. The summed E-state index contributed by atoms with van der Waals surface area (Å²) in [5, 5.41) is 0. The first kappa shape index (κ1) is 38.1. The largest absolute Gasteiger partial charge is 0.319 e. The lowest BCUT2D eigenvalue weighted by atomic mass is 10.0. The van der Waals surface area contributed by atoms with Crippen LogP contribution in [-0.4, -0.2) is 13.2 Å². The third-order valence-electron chi connectivity index (χ3n) is 7.94. The van der Waals surface area contributed by atoms with E-state index in [0.29, 0.717) is 13.2 Å². The van der Waals surface area contributed by atoms with E-state index < -0.39 is 8.25 Å². The molecule has 4 heteroatoms. The third-order valence-corrected chi connectivity index (χ3v) is 8.82. The molecule has 0 aliphatic rings. The molecule has 0 saturated heterocycles. The van der Waals surface area contributed by atoms with Crippen molar-refractivity contribution in [3.05, 3.63) is 0 Å². The SMILES string of the molecule is CCCCCCCCCCCCCCCCCO[PH](=O)OCCCCCCCCCCCCCCCCC. The van der Waals surface area contributed by atoms with Crippen LogP contribution in [0.3, 0.4) is 0 Å². The van der Waals surface area contributed by atoms with Gasteiger partial charge in [-0.25, -0.2) is 0 Å². The van der Waals surface area contributed by atoms with Crippen molar-refractivity contribution in [2.45, 2.75) is 206 Å². The van der Waals surface area contributed by atoms with Gasteiger partial charge in [0.15, 0.2) is 0 Å². The van der Waals surface area contributed by atoms with Crippen LogP contribution in [0, 0.1) is 0 Å². The van der Waals surface area contributed by atoms with E-state index in [2.05, 4.69) is 13.8 Å². The molecule has 0 spiro atoms. The highest BCUT2D eigenvalue weighted by atomic mass is 31.1. The first-order chi connectivity index (χ1) is 18.8. The third kappa shape index (κ3) is 34.2. The summed E-state index contributed by atoms with van der Waals surface area (Å²) in [5.74, 6) is 0. The normalized spacial score (nSPS) is 11.7. The van der Waals surface area contributed by atoms with Gasteiger partial charge >= 0.3 is 8.25 Å². The van der Waals surface area contributed by atoms with Crippen LogP contribution in [0.1, 0.15) is 206 Å². The average Bonchev–Trinajstić information content (AvgIpc) is 2.92. The van der Waals surface area contributed by atoms with Crippen LogP contribution in [0.25, 0.3) is 0 Å². The maximum atomic E-state index is 11.9. The molecule has 0 atom stereocenters. The van der Waals surface area contributed by atoms with E-state index in [0.717, 1.165) is 12.8 Å². The lowest BCUT2D eigenvalue weighted by molar-refractivity contribution is 0.218. The first-order valence-corrected chi connectivity index (χ1v) is 18.8. The number of rotatable bonds is 34. The van der Waals surface area contributed by atoms with Gasteiger partial charge in [-0.2, -0.15) is 0 Å². The summed E-state index contributed by atoms with van der Waals surface area (Å²) >= 11 is 0. The summed E-state index contributed by atoms with van der Waals surface area (Å²) in [6.07, 6.45) is 40.8. The predicted octanol–water partition coefficient (Wildman–Crippen LogP) is 13.2. The Balaban J connectivity index is 3.14. The first-order valence-electron chi connectivity index (χ1n) is 17.6. The molecule has 230 valence electrons. The molecule has 0 aromatic rings. The van der Waals surface area contributed by atoms with Crippen LogP contribution >= 0.6 is 8.25 Å². The second-order valence-corrected chi connectivity index (χ2v) is 12.9. The molecular formula is C34H71O3P. The van der Waals surface area contributed by atoms with E-state index in [9.17, 15) is 4.57 Å². The highest BCUT2D eigenvalue weighted by Gasteiger charge is 2.01. The van der Waals surface area contributed by atoms with Gasteiger partial charge in [-0.05, 0) is 12.8 Å². The maximum Gasteiger partial charge on any atom is 0.319 e. The summed E-state index contributed by atoms with van der Waals surface area (Å²) in [7, 11) is -2.28. The summed E-state index contributed by atoms with van der Waals surface area (Å²) in [4.78, 5) is 0. The molecular weight excluding hydrogens is 487 g/mol. The van der Waals surface area contributed by atoms with E-state index in [1.54, 1.807) is 0 Å². The van der Waals surface area contributed by atoms with Gasteiger partial charge in [0.2, 0.25) is 0 Å². The molecule has 0 radical (unpaired) electrons. The molecule has 0 bridgehead atoms. The van der Waals surface area contributed by atoms with Crippen LogP contribution in [0.15, 0.2) is 0 Å². The Hall–Kier alpha value is 0.150. The molecule has 0 unspecified atom stereocenters. The molecule has 0 heterocycles. The van der Waals surface area contributed by atoms with Gasteiger partial charge in [-0.3, -0.25) is 4.57 Å². The second kappa shape index (κ2) is 35.2. The minimum Gasteiger partial charge on any atom is -0.311 e. The Labute approximate surface area is 241 Å². The zero-order valence-electron chi connectivity index (χ0n) is 26.4. The fourth-order valence-electron chi connectivity index (χ4n) is 5.30. The maximum absolute atomic E-state index is 11.9. The standard InChI is InChI=1S/C34H71O3P/c1-3-5-7-9-11-13-15-17-19-21-23-25-27-29-31-33-36-38(35)37-34-32-30-28-26-24-22-20-18-16-14-12-10-8-6-4-2/h38H,3-34H2,1-2H3. The minimum absolute atomic E-state index is 0.592. The lowest BCUT2D eigenvalue weighted by Crippen LogP contribution is -1.92. The number of hydrogen-bond acceptors (Lipinski definition) is 3. The molecule has 3 nitrogen and oxygen atoms in total. The zero-order chi connectivity index (χ0) is 27.6. The van der Waals surface area contributed by atoms with Gasteiger partial charge in [0, 0.05) is 0 Å². The van der Waals surface area contributed by atoms with Gasteiger partial charge in [0.1, 0.15) is 0 Å². The van der Waals surface area contributed by atoms with Crippen LogP contribution < -0.4 is 0 Å². The smallest absolute Gasteiger partial charge is 0.311 e. The zero-order valence-corrected chi connectivity index (χ0v) is 27.4. The monoisotopic (exact) mass is 559 g/mol. The fourth-order valence-corrected chi connectivity index (χ4v) is 6.00. The fraction of sp³-hybridized carbons (Fsp3) is 1.00. The molecule has 0 aromatic heterocycles. The van der Waals surface area contributed by atoms with Crippen LogP contribution in [0.2, 0.25) is 0 Å². The van der Waals surface area contributed by atoms with Crippen molar-refractivity contribution in [2.75, 3.05) is 13.2 Å². The molecule has 0 fully saturated rings. The van der Waals surface area contributed by atoms with E-state index in [1.165, 1.54) is 180 Å². The van der Waals surface area contributed by atoms with Crippen LogP contribution in [0.4, 0.5) is 0 Å². The second-order valence-electron chi connectivity index (χ2n) is 11.8. The van der Waals surface area contributed by atoms with Crippen molar-refractivity contribution in [1.29, 1.82) is 0 Å². The van der Waals surface area contributed by atoms with Gasteiger partial charge < -0.3 is 9.05 Å². The molecule has 0 amide bonds. The van der Waals surface area contributed by atoms with Crippen molar-refractivity contribution in [2.24, 2.45) is 0 Å². The van der Waals surface area contributed by atoms with Crippen LogP contribution in [0.5, 0.6) is 0 Å². The Kier molecular flexibility index (Phi) is 35.3. The average molecular weight is 559 g/mol. The Morgan fingerprint density at radius 3 is 0.711 bits per heavy atom.